The summed E-state index contributed by atoms with van der Waals surface area (Å²) in [4.78, 5) is 63.7. The topological polar surface area (TPSA) is 126 Å². The first-order valence-electron chi connectivity index (χ1n) is 15.3. The molecule has 3 aromatic rings. The number of imidazole rings is 1. The van der Waals surface area contributed by atoms with Crippen LogP contribution in [0, 0.1) is 5.92 Å². The number of fused-ring (bicyclic) bond motifs is 3. The zero-order valence-electron chi connectivity index (χ0n) is 25.4. The number of oxazole rings is 1. The number of nitrogens with one attached hydrogen (secondary N) is 1. The first kappa shape index (κ1) is 30.5. The molecule has 0 radical (unpaired) electrons. The zero-order chi connectivity index (χ0) is 30.5. The molecule has 1 N–H and O–H groups in total. The van der Waals surface area contributed by atoms with Gasteiger partial charge >= 0.3 is 5.76 Å². The van der Waals surface area contributed by atoms with Gasteiger partial charge in [-0.05, 0) is 50.3 Å². The van der Waals surface area contributed by atoms with Crippen LogP contribution in [0.1, 0.15) is 51.8 Å². The van der Waals surface area contributed by atoms with E-state index in [-0.39, 0.29) is 42.8 Å². The van der Waals surface area contributed by atoms with Crippen molar-refractivity contribution in [2.45, 2.75) is 71.1 Å². The summed E-state index contributed by atoms with van der Waals surface area (Å²) in [5, 5.41) is 3.04. The lowest BCUT2D eigenvalue weighted by molar-refractivity contribution is -0.139. The van der Waals surface area contributed by atoms with E-state index in [2.05, 4.69) is 15.2 Å². The molecule has 2 fully saturated rings. The Morgan fingerprint density at radius 3 is 2.60 bits per heavy atom. The highest BCUT2D eigenvalue weighted by molar-refractivity contribution is 5.89. The van der Waals surface area contributed by atoms with Crippen LogP contribution in [0.4, 0.5) is 0 Å². The number of carbonyl (C=O) groups is 3. The minimum absolute atomic E-state index is 0.0354. The van der Waals surface area contributed by atoms with Gasteiger partial charge in [-0.3, -0.25) is 23.9 Å². The van der Waals surface area contributed by atoms with Crippen LogP contribution >= 0.6 is 0 Å². The van der Waals surface area contributed by atoms with E-state index in [9.17, 15) is 19.2 Å². The second-order valence-electron chi connectivity index (χ2n) is 12.1. The summed E-state index contributed by atoms with van der Waals surface area (Å²) >= 11 is 0. The maximum Gasteiger partial charge on any atom is 0.420 e. The average Bonchev–Trinajstić information content (AvgIpc) is 3.67. The highest BCUT2D eigenvalue weighted by atomic mass is 16.4. The number of rotatable bonds is 6. The van der Waals surface area contributed by atoms with Crippen molar-refractivity contribution in [3.05, 3.63) is 53.0 Å². The third-order valence-corrected chi connectivity index (χ3v) is 8.47. The van der Waals surface area contributed by atoms with E-state index in [1.54, 1.807) is 35.4 Å². The predicted molar refractivity (Wildman–Crippen MR) is 161 cm³/mol. The number of carbonyl (C=O) groups excluding carboxylic acids is 3. The molecular weight excluding hydrogens is 550 g/mol. The van der Waals surface area contributed by atoms with Crippen LogP contribution in [0.15, 0.2) is 45.9 Å². The number of hydrogen-bond acceptors (Lipinski definition) is 7. The van der Waals surface area contributed by atoms with E-state index in [1.165, 1.54) is 4.57 Å². The highest BCUT2D eigenvalue weighted by Crippen LogP contribution is 2.26. The third kappa shape index (κ3) is 7.18. The molecule has 2 aliphatic heterocycles. The van der Waals surface area contributed by atoms with Gasteiger partial charge in [0.05, 0.1) is 18.1 Å². The standard InChI is InChI=1S/C31H43N7O5/c1-22(2)17-28(39)36-15-8-14-35(20-27-32-12-16-34(27)3)13-7-6-11-33-30(41)25-18-23(36)19-37(25)29(40)21-38-24-9-4-5-10-26(24)43-31(38)42/h4-5,9-10,12,16,22-23,25H,6-8,11,13-15,17-21H2,1-3H3,(H,33,41)/t23-,25-/m0/s1. The van der Waals surface area contributed by atoms with E-state index < -0.39 is 11.8 Å². The molecule has 4 heterocycles. The van der Waals surface area contributed by atoms with E-state index >= 15 is 0 Å². The Labute approximate surface area is 251 Å². The van der Waals surface area contributed by atoms with Crippen molar-refractivity contribution < 1.29 is 18.8 Å². The fourth-order valence-electron chi connectivity index (χ4n) is 6.20. The Kier molecular flexibility index (Phi) is 9.64. The maximum absolute atomic E-state index is 13.7. The first-order chi connectivity index (χ1) is 20.7. The number of hydrogen-bond donors (Lipinski definition) is 1. The Morgan fingerprint density at radius 1 is 1.05 bits per heavy atom. The number of benzene rings is 1. The van der Waals surface area contributed by atoms with Crippen LogP contribution in [0.25, 0.3) is 11.1 Å². The molecule has 3 amide bonds. The van der Waals surface area contributed by atoms with Crippen LogP contribution in [0.5, 0.6) is 0 Å². The van der Waals surface area contributed by atoms with Crippen LogP contribution in [-0.2, 0) is 34.5 Å². The van der Waals surface area contributed by atoms with Gasteiger partial charge in [-0.1, -0.05) is 26.0 Å². The van der Waals surface area contributed by atoms with Crippen LogP contribution in [0.2, 0.25) is 0 Å². The fraction of sp³-hybridized carbons (Fsp3) is 0.581. The highest BCUT2D eigenvalue weighted by Gasteiger charge is 2.43. The Balaban J connectivity index is 1.37. The number of aryl methyl sites for hydroxylation is 1. The molecule has 12 heteroatoms. The first-order valence-corrected chi connectivity index (χ1v) is 15.3. The quantitative estimate of drug-likeness (QED) is 0.463. The summed E-state index contributed by atoms with van der Waals surface area (Å²) in [6.07, 6.45) is 6.97. The van der Waals surface area contributed by atoms with Crippen molar-refractivity contribution in [3.63, 3.8) is 0 Å². The minimum Gasteiger partial charge on any atom is -0.408 e. The average molecular weight is 594 g/mol. The van der Waals surface area contributed by atoms with Gasteiger partial charge < -0.3 is 24.1 Å². The summed E-state index contributed by atoms with van der Waals surface area (Å²) < 4.78 is 8.65. The lowest BCUT2D eigenvalue weighted by Crippen LogP contribution is -2.47. The van der Waals surface area contributed by atoms with Crippen molar-refractivity contribution in [2.75, 3.05) is 32.7 Å². The number of amides is 3. The van der Waals surface area contributed by atoms with Crippen molar-refractivity contribution in [2.24, 2.45) is 13.0 Å². The molecule has 2 saturated heterocycles. The van der Waals surface area contributed by atoms with Crippen LogP contribution in [-0.4, -0.2) is 91.3 Å². The fourth-order valence-corrected chi connectivity index (χ4v) is 6.20. The number of nitrogens with zero attached hydrogens (tertiary/aromatic N) is 6. The van der Waals surface area contributed by atoms with Crippen molar-refractivity contribution in [1.82, 2.24) is 34.1 Å². The van der Waals surface area contributed by atoms with E-state index in [0.717, 1.165) is 38.2 Å². The predicted octanol–water partition coefficient (Wildman–Crippen LogP) is 1.97. The molecule has 232 valence electrons. The maximum atomic E-state index is 13.7. The molecule has 0 aliphatic carbocycles. The van der Waals surface area contributed by atoms with E-state index in [1.807, 2.05) is 36.6 Å². The Morgan fingerprint density at radius 2 is 1.84 bits per heavy atom. The molecule has 2 bridgehead atoms. The van der Waals surface area contributed by atoms with Crippen molar-refractivity contribution in [1.29, 1.82) is 0 Å². The van der Waals surface area contributed by atoms with Gasteiger partial charge in [-0.25, -0.2) is 9.78 Å². The normalized spacial score (nSPS) is 20.9. The van der Waals surface area contributed by atoms with Gasteiger partial charge in [0.2, 0.25) is 17.7 Å². The summed E-state index contributed by atoms with van der Waals surface area (Å²) in [6, 6.07) is 5.94. The third-order valence-electron chi connectivity index (χ3n) is 8.47. The second-order valence-corrected chi connectivity index (χ2v) is 12.1. The Bertz CT molecular complexity index is 1490. The summed E-state index contributed by atoms with van der Waals surface area (Å²) in [5.74, 6) is 0.0118. The van der Waals surface area contributed by atoms with Gasteiger partial charge in [0.25, 0.3) is 0 Å². The number of likely N-dealkylation sites (tertiary alicyclic amines) is 1. The summed E-state index contributed by atoms with van der Waals surface area (Å²) in [6.45, 7) is 7.44. The molecule has 2 aliphatic rings. The SMILES string of the molecule is CC(C)CC(=O)N1CCCN(Cc2nccn2C)CCCCNC(=O)[C@@H]2C[C@H]1CN2C(=O)Cn1c(=O)oc2ccccc21. The smallest absolute Gasteiger partial charge is 0.408 e. The molecule has 1 aromatic carbocycles. The molecule has 43 heavy (non-hydrogen) atoms. The molecule has 0 saturated carbocycles. The molecule has 2 atom stereocenters. The number of para-hydroxylation sites is 2. The van der Waals surface area contributed by atoms with Crippen molar-refractivity contribution in [3.8, 4) is 0 Å². The molecule has 5 rings (SSSR count). The summed E-state index contributed by atoms with van der Waals surface area (Å²) in [5.41, 5.74) is 0.932. The van der Waals surface area contributed by atoms with Gasteiger partial charge in [0.15, 0.2) is 5.58 Å². The van der Waals surface area contributed by atoms with Gasteiger partial charge in [-0.2, -0.15) is 0 Å². The van der Waals surface area contributed by atoms with Gasteiger partial charge in [-0.15, -0.1) is 0 Å². The molecular formula is C31H43N7O5. The molecule has 0 spiro atoms. The van der Waals surface area contributed by atoms with E-state index in [0.29, 0.717) is 43.6 Å². The second kappa shape index (κ2) is 13.6. The monoisotopic (exact) mass is 593 g/mol. The minimum atomic E-state index is -0.719. The zero-order valence-corrected chi connectivity index (χ0v) is 25.4. The lowest BCUT2D eigenvalue weighted by Gasteiger charge is -2.31. The van der Waals surface area contributed by atoms with Crippen molar-refractivity contribution >= 4 is 28.8 Å². The molecule has 2 aromatic heterocycles. The van der Waals surface area contributed by atoms with Crippen LogP contribution in [0.3, 0.4) is 0 Å². The molecule has 0 unspecified atom stereocenters. The summed E-state index contributed by atoms with van der Waals surface area (Å²) in [7, 11) is 1.99. The van der Waals surface area contributed by atoms with E-state index in [4.69, 9.17) is 4.42 Å². The molecule has 12 nitrogen and oxygen atoms in total. The van der Waals surface area contributed by atoms with Gasteiger partial charge in [0.1, 0.15) is 18.4 Å². The largest absolute Gasteiger partial charge is 0.420 e. The number of aromatic nitrogens is 3. The van der Waals surface area contributed by atoms with Crippen LogP contribution < -0.4 is 11.1 Å². The Hall–Kier alpha value is -3.93. The van der Waals surface area contributed by atoms with Gasteiger partial charge in [0, 0.05) is 52.0 Å². The lowest BCUT2D eigenvalue weighted by atomic mass is 10.1.